The molecule has 0 spiro atoms. The first-order valence-corrected chi connectivity index (χ1v) is 6.52. The number of amides is 1. The Kier molecular flexibility index (Phi) is 4.07. The van der Waals surface area contributed by atoms with E-state index in [0.717, 1.165) is 17.0 Å². The number of carboxylic acid groups (broad SMARTS) is 1. The maximum Gasteiger partial charge on any atom is 0.336 e. The molecule has 6 nitrogen and oxygen atoms in total. The molecule has 0 aliphatic carbocycles. The number of rotatable bonds is 4. The fraction of sp³-hybridized carbons (Fsp3) is 0.267. The summed E-state index contributed by atoms with van der Waals surface area (Å²) in [4.78, 5) is 23.1. The Morgan fingerprint density at radius 1 is 1.29 bits per heavy atom. The fourth-order valence-corrected chi connectivity index (χ4v) is 2.13. The number of carbonyl (C=O) groups excluding carboxylic acids is 1. The zero-order chi connectivity index (χ0) is 15.6. The summed E-state index contributed by atoms with van der Waals surface area (Å²) in [6.45, 7) is 5.41. The maximum atomic E-state index is 12.1. The molecule has 0 saturated carbocycles. The summed E-state index contributed by atoms with van der Waals surface area (Å²) in [6, 6.07) is 4.83. The minimum Gasteiger partial charge on any atom is -0.478 e. The van der Waals surface area contributed by atoms with Crippen molar-refractivity contribution in [3.05, 3.63) is 46.3 Å². The van der Waals surface area contributed by atoms with Gasteiger partial charge in [0.1, 0.15) is 0 Å². The number of anilines is 1. The SMILES string of the molecule is Cc1ccc(NC(=O)Cc2c(C)n[nH]c2C)cc1C(=O)O. The normalized spacial score (nSPS) is 10.4. The van der Waals surface area contributed by atoms with Gasteiger partial charge in [-0.25, -0.2) is 4.79 Å². The Morgan fingerprint density at radius 2 is 2.00 bits per heavy atom. The molecular formula is C15H17N3O3. The van der Waals surface area contributed by atoms with E-state index in [4.69, 9.17) is 5.11 Å². The van der Waals surface area contributed by atoms with Crippen molar-refractivity contribution in [3.8, 4) is 0 Å². The van der Waals surface area contributed by atoms with Crippen LogP contribution in [0.2, 0.25) is 0 Å². The zero-order valence-electron chi connectivity index (χ0n) is 12.2. The number of H-pyrrole nitrogens is 1. The monoisotopic (exact) mass is 287 g/mol. The number of aromatic carboxylic acids is 1. The molecule has 0 saturated heterocycles. The molecule has 2 aromatic rings. The number of carbonyl (C=O) groups is 2. The Bertz CT molecular complexity index is 685. The zero-order valence-corrected chi connectivity index (χ0v) is 12.2. The van der Waals surface area contributed by atoms with E-state index in [1.807, 2.05) is 13.8 Å². The van der Waals surface area contributed by atoms with Crippen LogP contribution < -0.4 is 5.32 Å². The number of aromatic nitrogens is 2. The first-order valence-electron chi connectivity index (χ1n) is 6.52. The van der Waals surface area contributed by atoms with Gasteiger partial charge in [-0.1, -0.05) is 6.07 Å². The lowest BCUT2D eigenvalue weighted by Gasteiger charge is -2.08. The molecule has 1 aromatic heterocycles. The van der Waals surface area contributed by atoms with E-state index in [0.29, 0.717) is 11.3 Å². The molecule has 3 N–H and O–H groups in total. The number of nitrogens with zero attached hydrogens (tertiary/aromatic N) is 1. The Balaban J connectivity index is 2.13. The van der Waals surface area contributed by atoms with Crippen molar-refractivity contribution in [2.24, 2.45) is 0 Å². The summed E-state index contributed by atoms with van der Waals surface area (Å²) >= 11 is 0. The smallest absolute Gasteiger partial charge is 0.336 e. The van der Waals surface area contributed by atoms with Gasteiger partial charge in [-0.15, -0.1) is 0 Å². The highest BCUT2D eigenvalue weighted by Crippen LogP contribution is 2.16. The van der Waals surface area contributed by atoms with Crippen LogP contribution in [0, 0.1) is 20.8 Å². The first-order chi connectivity index (χ1) is 9.88. The molecule has 1 aromatic carbocycles. The summed E-state index contributed by atoms with van der Waals surface area (Å²) in [5, 5.41) is 18.7. The van der Waals surface area contributed by atoms with E-state index < -0.39 is 5.97 Å². The Hall–Kier alpha value is -2.63. The van der Waals surface area contributed by atoms with Crippen LogP contribution in [-0.2, 0) is 11.2 Å². The number of nitrogens with one attached hydrogen (secondary N) is 2. The summed E-state index contributed by atoms with van der Waals surface area (Å²) in [7, 11) is 0. The van der Waals surface area contributed by atoms with E-state index in [2.05, 4.69) is 15.5 Å². The summed E-state index contributed by atoms with van der Waals surface area (Å²) in [6.07, 6.45) is 0.199. The number of hydrogen-bond donors (Lipinski definition) is 3. The third-order valence-electron chi connectivity index (χ3n) is 3.37. The van der Waals surface area contributed by atoms with E-state index in [-0.39, 0.29) is 17.9 Å². The highest BCUT2D eigenvalue weighted by Gasteiger charge is 2.13. The van der Waals surface area contributed by atoms with Gasteiger partial charge in [-0.3, -0.25) is 9.89 Å². The second-order valence-electron chi connectivity index (χ2n) is 4.97. The van der Waals surface area contributed by atoms with Crippen molar-refractivity contribution in [3.63, 3.8) is 0 Å². The highest BCUT2D eigenvalue weighted by atomic mass is 16.4. The summed E-state index contributed by atoms with van der Waals surface area (Å²) in [5.74, 6) is -1.21. The summed E-state index contributed by atoms with van der Waals surface area (Å²) < 4.78 is 0. The standard InChI is InChI=1S/C15H17N3O3/c1-8-4-5-11(6-12(8)15(20)21)16-14(19)7-13-9(2)17-18-10(13)3/h4-6H,7H2,1-3H3,(H,16,19)(H,17,18)(H,20,21). The molecule has 1 heterocycles. The van der Waals surface area contributed by atoms with Crippen molar-refractivity contribution in [1.29, 1.82) is 0 Å². The van der Waals surface area contributed by atoms with Crippen molar-refractivity contribution in [2.75, 3.05) is 5.32 Å². The summed E-state index contributed by atoms with van der Waals surface area (Å²) in [5.41, 5.74) is 3.82. The van der Waals surface area contributed by atoms with Gasteiger partial charge in [-0.2, -0.15) is 5.10 Å². The average Bonchev–Trinajstić information content (AvgIpc) is 2.72. The lowest BCUT2D eigenvalue weighted by molar-refractivity contribution is -0.115. The number of carboxylic acids is 1. The molecule has 0 atom stereocenters. The molecule has 0 aliphatic rings. The number of benzene rings is 1. The van der Waals surface area contributed by atoms with Gasteiger partial charge in [-0.05, 0) is 38.5 Å². The number of aromatic amines is 1. The quantitative estimate of drug-likeness (QED) is 0.803. The predicted octanol–water partition coefficient (Wildman–Crippen LogP) is 2.21. The average molecular weight is 287 g/mol. The molecule has 21 heavy (non-hydrogen) atoms. The third kappa shape index (κ3) is 3.28. The van der Waals surface area contributed by atoms with Crippen molar-refractivity contribution < 1.29 is 14.7 Å². The first kappa shape index (κ1) is 14.8. The van der Waals surface area contributed by atoms with Gasteiger partial charge >= 0.3 is 5.97 Å². The van der Waals surface area contributed by atoms with E-state index >= 15 is 0 Å². The molecule has 110 valence electrons. The van der Waals surface area contributed by atoms with Gasteiger partial charge in [0, 0.05) is 16.9 Å². The lowest BCUT2D eigenvalue weighted by Crippen LogP contribution is -2.15. The van der Waals surface area contributed by atoms with E-state index in [1.54, 1.807) is 19.1 Å². The minimum absolute atomic E-state index is 0.184. The molecule has 0 unspecified atom stereocenters. The van der Waals surface area contributed by atoms with Gasteiger partial charge in [0.2, 0.25) is 5.91 Å². The molecule has 0 fully saturated rings. The Morgan fingerprint density at radius 3 is 2.57 bits per heavy atom. The van der Waals surface area contributed by atoms with Crippen LogP contribution in [0.4, 0.5) is 5.69 Å². The van der Waals surface area contributed by atoms with E-state index in [1.165, 1.54) is 6.07 Å². The molecule has 6 heteroatoms. The highest BCUT2D eigenvalue weighted by molar-refractivity contribution is 5.95. The van der Waals surface area contributed by atoms with Crippen molar-refractivity contribution in [2.45, 2.75) is 27.2 Å². The van der Waals surface area contributed by atoms with Gasteiger partial charge in [0.25, 0.3) is 0 Å². The Labute approximate surface area is 122 Å². The molecule has 1 amide bonds. The molecular weight excluding hydrogens is 270 g/mol. The van der Waals surface area contributed by atoms with Gasteiger partial charge in [0.15, 0.2) is 0 Å². The van der Waals surface area contributed by atoms with Crippen molar-refractivity contribution >= 4 is 17.6 Å². The van der Waals surface area contributed by atoms with Crippen LogP contribution in [0.15, 0.2) is 18.2 Å². The predicted molar refractivity (Wildman–Crippen MR) is 78.5 cm³/mol. The van der Waals surface area contributed by atoms with Crippen LogP contribution in [-0.4, -0.2) is 27.2 Å². The van der Waals surface area contributed by atoms with Gasteiger partial charge < -0.3 is 10.4 Å². The molecule has 0 aliphatic heterocycles. The third-order valence-corrected chi connectivity index (χ3v) is 3.37. The minimum atomic E-state index is -1.01. The van der Waals surface area contributed by atoms with Crippen LogP contribution in [0.1, 0.15) is 32.9 Å². The molecule has 0 bridgehead atoms. The van der Waals surface area contributed by atoms with Gasteiger partial charge in [0.05, 0.1) is 17.7 Å². The van der Waals surface area contributed by atoms with Crippen LogP contribution in [0.3, 0.4) is 0 Å². The fourth-order valence-electron chi connectivity index (χ4n) is 2.13. The lowest BCUT2D eigenvalue weighted by atomic mass is 10.1. The van der Waals surface area contributed by atoms with Crippen LogP contribution in [0.25, 0.3) is 0 Å². The van der Waals surface area contributed by atoms with Crippen LogP contribution in [0.5, 0.6) is 0 Å². The largest absolute Gasteiger partial charge is 0.478 e. The van der Waals surface area contributed by atoms with Crippen LogP contribution >= 0.6 is 0 Å². The second-order valence-corrected chi connectivity index (χ2v) is 4.97. The maximum absolute atomic E-state index is 12.1. The topological polar surface area (TPSA) is 95.1 Å². The second kappa shape index (κ2) is 5.78. The number of hydrogen-bond acceptors (Lipinski definition) is 3. The molecule has 0 radical (unpaired) electrons. The number of aryl methyl sites for hydroxylation is 3. The van der Waals surface area contributed by atoms with E-state index in [9.17, 15) is 9.59 Å². The van der Waals surface area contributed by atoms with Crippen molar-refractivity contribution in [1.82, 2.24) is 10.2 Å². The molecule has 2 rings (SSSR count).